The van der Waals surface area contributed by atoms with Crippen molar-refractivity contribution in [2.45, 2.75) is 44.8 Å². The van der Waals surface area contributed by atoms with E-state index in [-0.39, 0.29) is 12.0 Å². The minimum atomic E-state index is -0.483. The number of hydrogen-bond acceptors (Lipinski definition) is 5. The molecule has 0 bridgehead atoms. The fourth-order valence-electron chi connectivity index (χ4n) is 2.38. The molecule has 1 fully saturated rings. The highest BCUT2D eigenvalue weighted by Gasteiger charge is 2.26. The number of likely N-dealkylation sites (tertiary alicyclic amines) is 1. The topological polar surface area (TPSA) is 59.0 Å². The Morgan fingerprint density at radius 2 is 2.28 bits per heavy atom. The predicted molar refractivity (Wildman–Crippen MR) is 68.3 cm³/mol. The van der Waals surface area contributed by atoms with Gasteiger partial charge >= 0.3 is 5.97 Å². The average molecular weight is 259 g/mol. The summed E-state index contributed by atoms with van der Waals surface area (Å²) in [6, 6.07) is 0.197. The number of hydrogen-bond donors (Lipinski definition) is 1. The molecule has 2 unspecified atom stereocenters. The minimum absolute atomic E-state index is 0.175. The molecule has 1 N–H and O–H groups in total. The Morgan fingerprint density at radius 3 is 2.94 bits per heavy atom. The molecule has 1 heterocycles. The lowest BCUT2D eigenvalue weighted by Gasteiger charge is -2.36. The zero-order chi connectivity index (χ0) is 13.4. The van der Waals surface area contributed by atoms with E-state index < -0.39 is 6.10 Å². The van der Waals surface area contributed by atoms with Gasteiger partial charge in [0, 0.05) is 19.2 Å². The molecular weight excluding hydrogens is 234 g/mol. The first kappa shape index (κ1) is 15.4. The minimum Gasteiger partial charge on any atom is -0.469 e. The van der Waals surface area contributed by atoms with Gasteiger partial charge in [-0.25, -0.2) is 0 Å². The van der Waals surface area contributed by atoms with E-state index in [9.17, 15) is 9.90 Å². The van der Waals surface area contributed by atoms with Gasteiger partial charge in [-0.05, 0) is 26.3 Å². The molecule has 5 nitrogen and oxygen atoms in total. The lowest BCUT2D eigenvalue weighted by molar-refractivity contribution is -0.142. The van der Waals surface area contributed by atoms with Crippen molar-refractivity contribution in [1.82, 2.24) is 4.90 Å². The first-order valence-corrected chi connectivity index (χ1v) is 6.74. The van der Waals surface area contributed by atoms with E-state index >= 15 is 0 Å². The van der Waals surface area contributed by atoms with Crippen LogP contribution in [0.3, 0.4) is 0 Å². The number of nitrogens with zero attached hydrogens (tertiary/aromatic N) is 1. The van der Waals surface area contributed by atoms with Gasteiger partial charge in [-0.1, -0.05) is 6.42 Å². The molecule has 1 rings (SSSR count). The number of aliphatic hydroxyl groups is 1. The van der Waals surface area contributed by atoms with Crippen molar-refractivity contribution >= 4 is 5.97 Å². The fraction of sp³-hybridized carbons (Fsp3) is 0.923. The summed E-state index contributed by atoms with van der Waals surface area (Å²) in [4.78, 5) is 13.5. The maximum Gasteiger partial charge on any atom is 0.307 e. The second kappa shape index (κ2) is 8.45. The highest BCUT2D eigenvalue weighted by Crippen LogP contribution is 2.20. The number of ether oxygens (including phenoxy) is 2. The van der Waals surface area contributed by atoms with Crippen LogP contribution in [0, 0.1) is 0 Å². The summed E-state index contributed by atoms with van der Waals surface area (Å²) in [5.41, 5.74) is 0. The second-order valence-corrected chi connectivity index (χ2v) is 4.74. The van der Waals surface area contributed by atoms with Crippen LogP contribution in [-0.4, -0.2) is 61.5 Å². The zero-order valence-corrected chi connectivity index (χ0v) is 11.4. The molecule has 106 valence electrons. The highest BCUT2D eigenvalue weighted by atomic mass is 16.5. The summed E-state index contributed by atoms with van der Waals surface area (Å²) in [6.07, 6.45) is 3.19. The molecule has 0 amide bonds. The Kier molecular flexibility index (Phi) is 7.23. The molecule has 0 spiro atoms. The van der Waals surface area contributed by atoms with Gasteiger partial charge < -0.3 is 14.6 Å². The third kappa shape index (κ3) is 5.33. The van der Waals surface area contributed by atoms with Gasteiger partial charge in [0.25, 0.3) is 0 Å². The van der Waals surface area contributed by atoms with Gasteiger partial charge in [-0.3, -0.25) is 9.69 Å². The van der Waals surface area contributed by atoms with Crippen molar-refractivity contribution in [3.8, 4) is 0 Å². The Labute approximate surface area is 109 Å². The molecule has 2 atom stereocenters. The molecule has 18 heavy (non-hydrogen) atoms. The zero-order valence-electron chi connectivity index (χ0n) is 11.4. The molecule has 5 heteroatoms. The SMILES string of the molecule is CCOCC(O)CN1CCCCC1CC(=O)OC. The number of β-amino-alcohol motifs (C(OH)–C–C–N with tert-alkyl or cyclic N) is 1. The van der Waals surface area contributed by atoms with Crippen LogP contribution in [0.15, 0.2) is 0 Å². The molecular formula is C13H25NO4. The van der Waals surface area contributed by atoms with Crippen LogP contribution in [0.1, 0.15) is 32.6 Å². The van der Waals surface area contributed by atoms with E-state index in [1.807, 2.05) is 6.92 Å². The van der Waals surface area contributed by atoms with Gasteiger partial charge in [-0.2, -0.15) is 0 Å². The number of methoxy groups -OCH3 is 1. The normalized spacial score (nSPS) is 22.7. The molecule has 0 radical (unpaired) electrons. The Bertz CT molecular complexity index is 247. The van der Waals surface area contributed by atoms with Crippen molar-refractivity contribution < 1.29 is 19.4 Å². The standard InChI is InChI=1S/C13H25NO4/c1-3-18-10-12(15)9-14-7-5-4-6-11(14)8-13(16)17-2/h11-12,15H,3-10H2,1-2H3. The molecule has 1 aliphatic heterocycles. The first-order valence-electron chi connectivity index (χ1n) is 6.74. The number of esters is 1. The lowest BCUT2D eigenvalue weighted by atomic mass is 9.99. The van der Waals surface area contributed by atoms with E-state index in [0.29, 0.717) is 26.2 Å². The number of rotatable bonds is 7. The van der Waals surface area contributed by atoms with E-state index in [1.165, 1.54) is 7.11 Å². The van der Waals surface area contributed by atoms with Crippen LogP contribution in [0.5, 0.6) is 0 Å². The first-order chi connectivity index (χ1) is 8.67. The summed E-state index contributed by atoms with van der Waals surface area (Å²) in [7, 11) is 1.42. The van der Waals surface area contributed by atoms with Crippen molar-refractivity contribution in [1.29, 1.82) is 0 Å². The maximum atomic E-state index is 11.3. The van der Waals surface area contributed by atoms with Crippen LogP contribution < -0.4 is 0 Å². The van der Waals surface area contributed by atoms with Gasteiger partial charge in [0.1, 0.15) is 0 Å². The molecule has 0 aromatic rings. The molecule has 0 aromatic heterocycles. The van der Waals surface area contributed by atoms with Gasteiger partial charge in [0.15, 0.2) is 0 Å². The number of piperidine rings is 1. The quantitative estimate of drug-likeness (QED) is 0.685. The third-order valence-corrected chi connectivity index (χ3v) is 3.34. The van der Waals surface area contributed by atoms with E-state index in [4.69, 9.17) is 9.47 Å². The fourth-order valence-corrected chi connectivity index (χ4v) is 2.38. The van der Waals surface area contributed by atoms with Crippen LogP contribution in [-0.2, 0) is 14.3 Å². The van der Waals surface area contributed by atoms with Crippen molar-refractivity contribution in [3.05, 3.63) is 0 Å². The van der Waals surface area contributed by atoms with Gasteiger partial charge in [0.2, 0.25) is 0 Å². The monoisotopic (exact) mass is 259 g/mol. The van der Waals surface area contributed by atoms with Crippen LogP contribution in [0.4, 0.5) is 0 Å². The van der Waals surface area contributed by atoms with Gasteiger partial charge in [0.05, 0.1) is 26.2 Å². The second-order valence-electron chi connectivity index (χ2n) is 4.74. The molecule has 0 aromatic carbocycles. The van der Waals surface area contributed by atoms with Crippen molar-refractivity contribution in [3.63, 3.8) is 0 Å². The molecule has 1 aliphatic rings. The largest absolute Gasteiger partial charge is 0.469 e. The Morgan fingerprint density at radius 1 is 1.50 bits per heavy atom. The van der Waals surface area contributed by atoms with E-state index in [1.54, 1.807) is 0 Å². The van der Waals surface area contributed by atoms with Crippen LogP contribution in [0.2, 0.25) is 0 Å². The summed E-state index contributed by atoms with van der Waals surface area (Å²) >= 11 is 0. The van der Waals surface area contributed by atoms with E-state index in [0.717, 1.165) is 25.8 Å². The summed E-state index contributed by atoms with van der Waals surface area (Å²) in [6.45, 7) is 4.39. The van der Waals surface area contributed by atoms with Crippen LogP contribution >= 0.6 is 0 Å². The summed E-state index contributed by atoms with van der Waals surface area (Å²) in [5, 5.41) is 9.86. The maximum absolute atomic E-state index is 11.3. The smallest absolute Gasteiger partial charge is 0.307 e. The number of aliphatic hydroxyl groups excluding tert-OH is 1. The molecule has 1 saturated heterocycles. The highest BCUT2D eigenvalue weighted by molar-refractivity contribution is 5.69. The Balaban J connectivity index is 2.41. The van der Waals surface area contributed by atoms with Crippen molar-refractivity contribution in [2.24, 2.45) is 0 Å². The number of carbonyl (C=O) groups excluding carboxylic acids is 1. The third-order valence-electron chi connectivity index (χ3n) is 3.34. The van der Waals surface area contributed by atoms with Crippen molar-refractivity contribution in [2.75, 3.05) is 33.4 Å². The average Bonchev–Trinajstić information content (AvgIpc) is 2.38. The molecule has 0 saturated carbocycles. The lowest BCUT2D eigenvalue weighted by Crippen LogP contribution is -2.45. The number of carbonyl (C=O) groups is 1. The predicted octanol–water partition coefficient (Wildman–Crippen LogP) is 0.801. The summed E-state index contributed by atoms with van der Waals surface area (Å²) < 4.78 is 9.92. The molecule has 0 aliphatic carbocycles. The van der Waals surface area contributed by atoms with Crippen LogP contribution in [0.25, 0.3) is 0 Å². The Hall–Kier alpha value is -0.650. The van der Waals surface area contributed by atoms with E-state index in [2.05, 4.69) is 4.90 Å². The summed E-state index contributed by atoms with van der Waals surface area (Å²) in [5.74, 6) is -0.175. The van der Waals surface area contributed by atoms with Gasteiger partial charge in [-0.15, -0.1) is 0 Å².